The van der Waals surface area contributed by atoms with Crippen LogP contribution in [0, 0.1) is 96.6 Å². The van der Waals surface area contributed by atoms with E-state index in [1.807, 2.05) is 0 Å². The first kappa shape index (κ1) is 42.9. The second-order valence-electron chi connectivity index (χ2n) is 23.4. The zero-order valence-electron chi connectivity index (χ0n) is 38.0. The maximum absolute atomic E-state index is 13.7. The maximum Gasteiger partial charge on any atom is 0.309 e. The average molecular weight is 883 g/mol. The van der Waals surface area contributed by atoms with Gasteiger partial charge in [0.2, 0.25) is 0 Å². The summed E-state index contributed by atoms with van der Waals surface area (Å²) in [6.45, 7) is 8.74. The highest BCUT2D eigenvalue weighted by Gasteiger charge is 2.91. The lowest BCUT2D eigenvalue weighted by Gasteiger charge is -2.63. The number of hydrogen-bond donors (Lipinski definition) is 1. The van der Waals surface area contributed by atoms with E-state index in [9.17, 15) is 39.3 Å². The van der Waals surface area contributed by atoms with Crippen LogP contribution in [0.3, 0.4) is 0 Å². The number of esters is 3. The Morgan fingerprint density at radius 3 is 1.75 bits per heavy atom. The summed E-state index contributed by atoms with van der Waals surface area (Å²) in [6, 6.07) is 5.06. The topological polar surface area (TPSA) is 223 Å². The standard InChI is InChI=1S/C25H31NO6.C24H27NO5.CH4O/c1-21-12-17-25(31-17)19(16(21)5-8-24(21)9-6-18(28)32-24)15(20(29)30-3)11-23(13-26)10-14(27)4-7-22(23,25)2;1-20-10-15-24(29-15)17(13(20)3-7-23(20)8-5-16(27)30-23)12-9-22(11-25)18(19(12)28)14(26)4-6-21(22,24)2;1-2/h15-17,19H,4-12H2,1-3H3;12-13,15,17-18H,3-10H2,1-2H3;2H,1H3/t15-,16?,17-,19?,21+,22+,23+,24-,25?;12?,13?,15-,17?,18?,20+,21+,22+,23-,24?;/m11./s1. The number of aliphatic hydroxyl groups is 1. The minimum Gasteiger partial charge on any atom is -0.469 e. The average Bonchev–Trinajstić information content (AvgIpc) is 3.89. The van der Waals surface area contributed by atoms with E-state index in [4.69, 9.17) is 28.8 Å². The molecule has 1 N–H and O–H groups in total. The SMILES string of the molecule is CO.COC(=O)[C@@H]1C[C@]2(C#N)CC(=O)CC[C@]2(C)C23O[C@@H]2C[C@@]2(C)C(CC[C@@]24CCC(=O)O4)C13.C[C@]12C[C@H]3OC34C(C3C[C@]5(C#N)C(C(=O)CC[C@]45C)C3=O)C1CC[C@@]21CCC(=O)O1. The van der Waals surface area contributed by atoms with Crippen molar-refractivity contribution >= 4 is 35.3 Å². The molecule has 344 valence electrons. The Morgan fingerprint density at radius 1 is 0.688 bits per heavy atom. The second-order valence-corrected chi connectivity index (χ2v) is 23.4. The van der Waals surface area contributed by atoms with Gasteiger partial charge in [0.15, 0.2) is 0 Å². The summed E-state index contributed by atoms with van der Waals surface area (Å²) in [5.74, 6) is -1.77. The number of carbonyl (C=O) groups is 6. The molecule has 13 aliphatic rings. The van der Waals surface area contributed by atoms with E-state index in [-0.39, 0.29) is 94.3 Å². The van der Waals surface area contributed by atoms with Crippen molar-refractivity contribution in [2.75, 3.05) is 14.2 Å². The highest BCUT2D eigenvalue weighted by Crippen LogP contribution is 2.84. The van der Waals surface area contributed by atoms with Gasteiger partial charge in [-0.15, -0.1) is 0 Å². The van der Waals surface area contributed by atoms with Gasteiger partial charge in [0.05, 0.1) is 54.1 Å². The Labute approximate surface area is 374 Å². The van der Waals surface area contributed by atoms with Gasteiger partial charge in [-0.2, -0.15) is 10.5 Å². The largest absolute Gasteiger partial charge is 0.469 e. The van der Waals surface area contributed by atoms with Gasteiger partial charge in [0, 0.05) is 78.6 Å². The molecule has 4 aliphatic heterocycles. The number of fused-ring (bicyclic) bond motifs is 9. The number of hydrogen-bond acceptors (Lipinski definition) is 14. The zero-order valence-corrected chi connectivity index (χ0v) is 38.0. The van der Waals surface area contributed by atoms with Gasteiger partial charge in [-0.25, -0.2) is 0 Å². The van der Waals surface area contributed by atoms with Crippen LogP contribution < -0.4 is 0 Å². The van der Waals surface area contributed by atoms with Crippen molar-refractivity contribution in [2.45, 2.75) is 171 Å². The van der Waals surface area contributed by atoms with Crippen LogP contribution >= 0.6 is 0 Å². The number of carbonyl (C=O) groups excluding carboxylic acids is 6. The molecular formula is C50H62N2O12. The monoisotopic (exact) mass is 882 g/mol. The molecule has 0 aromatic carbocycles. The van der Waals surface area contributed by atoms with Crippen LogP contribution in [-0.4, -0.2) is 89.2 Å². The molecule has 0 aromatic rings. The quantitative estimate of drug-likeness (QED) is 0.150. The van der Waals surface area contributed by atoms with Crippen molar-refractivity contribution in [1.29, 1.82) is 10.5 Å². The molecule has 13 fully saturated rings. The van der Waals surface area contributed by atoms with Crippen molar-refractivity contribution in [2.24, 2.45) is 73.9 Å². The molecule has 4 heterocycles. The highest BCUT2D eigenvalue weighted by atomic mass is 16.6. The third-order valence-electron chi connectivity index (χ3n) is 22.5. The number of Topliss-reactive ketones (excluding diaryl/α,β-unsaturated/α-hetero) is 3. The van der Waals surface area contributed by atoms with Crippen LogP contribution in [0.2, 0.25) is 0 Å². The van der Waals surface area contributed by atoms with Gasteiger partial charge in [-0.3, -0.25) is 28.8 Å². The first-order valence-corrected chi connectivity index (χ1v) is 24.0. The van der Waals surface area contributed by atoms with Crippen molar-refractivity contribution in [3.63, 3.8) is 0 Å². The predicted octanol–water partition coefficient (Wildman–Crippen LogP) is 5.44. The lowest BCUT2D eigenvalue weighted by molar-refractivity contribution is -0.193. The molecule has 0 amide bonds. The number of nitriles is 2. The maximum atomic E-state index is 13.7. The fourth-order valence-electron chi connectivity index (χ4n) is 19.5. The summed E-state index contributed by atoms with van der Waals surface area (Å²) < 4.78 is 30.6. The summed E-state index contributed by atoms with van der Waals surface area (Å²) in [5.41, 5.74) is -5.29. The van der Waals surface area contributed by atoms with Gasteiger partial charge in [0.1, 0.15) is 39.8 Å². The number of methoxy groups -OCH3 is 1. The second kappa shape index (κ2) is 12.8. The van der Waals surface area contributed by atoms with E-state index in [1.165, 1.54) is 7.11 Å². The molecule has 0 radical (unpaired) electrons. The number of rotatable bonds is 1. The fraction of sp³-hybridized carbons (Fsp3) is 0.840. The van der Waals surface area contributed by atoms with E-state index in [2.05, 4.69) is 39.8 Å². The van der Waals surface area contributed by atoms with Gasteiger partial charge < -0.3 is 28.8 Å². The number of aliphatic hydroxyl groups excluding tert-OH is 1. The number of ketones is 3. The van der Waals surface area contributed by atoms with E-state index in [1.54, 1.807) is 0 Å². The van der Waals surface area contributed by atoms with Crippen molar-refractivity contribution in [3.8, 4) is 12.1 Å². The molecule has 14 nitrogen and oxygen atoms in total. The molecule has 2 bridgehead atoms. The molecule has 9 saturated carbocycles. The van der Waals surface area contributed by atoms with Crippen LogP contribution in [0.25, 0.3) is 0 Å². The van der Waals surface area contributed by atoms with E-state index in [0.717, 1.165) is 58.5 Å². The molecule has 64 heavy (non-hydrogen) atoms. The summed E-state index contributed by atoms with van der Waals surface area (Å²) in [4.78, 5) is 76.6. The number of ether oxygens (including phenoxy) is 5. The normalized spacial score (nSPS) is 56.7. The summed E-state index contributed by atoms with van der Waals surface area (Å²) >= 11 is 0. The van der Waals surface area contributed by atoms with Crippen molar-refractivity contribution in [1.82, 2.24) is 0 Å². The van der Waals surface area contributed by atoms with Crippen LogP contribution in [0.5, 0.6) is 0 Å². The molecule has 4 spiro atoms. The Balaban J connectivity index is 0.000000138. The van der Waals surface area contributed by atoms with Gasteiger partial charge >= 0.3 is 17.9 Å². The molecule has 8 unspecified atom stereocenters. The Morgan fingerprint density at radius 2 is 1.23 bits per heavy atom. The smallest absolute Gasteiger partial charge is 0.309 e. The van der Waals surface area contributed by atoms with E-state index >= 15 is 0 Å². The summed E-state index contributed by atoms with van der Waals surface area (Å²) in [7, 11) is 2.40. The molecule has 14 heteroatoms. The minimum absolute atomic E-state index is 0.00258. The lowest BCUT2D eigenvalue weighted by atomic mass is 9.37. The number of nitrogens with zero attached hydrogens (tertiary/aromatic N) is 2. The molecule has 19 atom stereocenters. The zero-order chi connectivity index (χ0) is 45.6. The predicted molar refractivity (Wildman–Crippen MR) is 219 cm³/mol. The summed E-state index contributed by atoms with van der Waals surface area (Å²) in [6.07, 6.45) is 10.4. The molecule has 13 rings (SSSR count). The fourth-order valence-corrected chi connectivity index (χ4v) is 19.5. The molecule has 0 aromatic heterocycles. The van der Waals surface area contributed by atoms with Crippen molar-refractivity contribution in [3.05, 3.63) is 0 Å². The minimum atomic E-state index is -0.920. The van der Waals surface area contributed by atoms with Crippen LogP contribution in [0.15, 0.2) is 0 Å². The third kappa shape index (κ3) is 4.37. The van der Waals surface area contributed by atoms with Crippen LogP contribution in [0.4, 0.5) is 0 Å². The molecule has 4 saturated heterocycles. The summed E-state index contributed by atoms with van der Waals surface area (Å²) in [5, 5.41) is 27.8. The van der Waals surface area contributed by atoms with E-state index in [0.29, 0.717) is 51.4 Å². The van der Waals surface area contributed by atoms with E-state index < -0.39 is 55.9 Å². The van der Waals surface area contributed by atoms with Crippen LogP contribution in [-0.2, 0) is 52.5 Å². The van der Waals surface area contributed by atoms with Crippen LogP contribution in [0.1, 0.15) is 137 Å². The Bertz CT molecular complexity index is 2300. The lowest BCUT2D eigenvalue weighted by Crippen LogP contribution is -2.68. The highest BCUT2D eigenvalue weighted by molar-refractivity contribution is 6.08. The first-order chi connectivity index (χ1) is 30.3. The molecular weight excluding hydrogens is 821 g/mol. The Hall–Kier alpha value is -3.72. The van der Waals surface area contributed by atoms with Crippen molar-refractivity contribution < 1.29 is 57.6 Å². The van der Waals surface area contributed by atoms with Gasteiger partial charge in [-0.1, -0.05) is 27.7 Å². The first-order valence-electron chi connectivity index (χ1n) is 24.0. The molecule has 9 aliphatic carbocycles. The third-order valence-corrected chi connectivity index (χ3v) is 22.5. The Kier molecular flexibility index (Phi) is 8.60. The number of epoxide rings is 2. The van der Waals surface area contributed by atoms with Gasteiger partial charge in [0.25, 0.3) is 0 Å². The van der Waals surface area contributed by atoms with Gasteiger partial charge in [-0.05, 0) is 88.9 Å².